The summed E-state index contributed by atoms with van der Waals surface area (Å²) < 4.78 is 15.8. The van der Waals surface area contributed by atoms with Crippen LogP contribution in [-0.4, -0.2) is 66.3 Å². The molecular weight excluding hydrogens is 252 g/mol. The molecular formula is C13H26O6. The number of rotatable bonds is 8. The zero-order chi connectivity index (χ0) is 14.3. The van der Waals surface area contributed by atoms with Crippen molar-refractivity contribution in [2.75, 3.05) is 20.3 Å². The number of hydrogen-bond acceptors (Lipinski definition) is 6. The molecule has 1 heterocycles. The number of methoxy groups -OCH3 is 1. The van der Waals surface area contributed by atoms with E-state index in [-0.39, 0.29) is 6.61 Å². The summed E-state index contributed by atoms with van der Waals surface area (Å²) in [5.41, 5.74) is 0. The van der Waals surface area contributed by atoms with Crippen LogP contribution in [0.3, 0.4) is 0 Å². The lowest BCUT2D eigenvalue weighted by Crippen LogP contribution is -2.59. The first kappa shape index (κ1) is 16.8. The van der Waals surface area contributed by atoms with Crippen LogP contribution in [-0.2, 0) is 14.2 Å². The third-order valence-corrected chi connectivity index (χ3v) is 3.36. The van der Waals surface area contributed by atoms with E-state index in [1.54, 1.807) is 0 Å². The van der Waals surface area contributed by atoms with Gasteiger partial charge in [-0.25, -0.2) is 0 Å². The van der Waals surface area contributed by atoms with Crippen LogP contribution in [0.5, 0.6) is 0 Å². The standard InChI is InChI=1S/C13H26O6/c1-3-4-5-6-7-18-12-9(8-14)19-13(17-2)11(16)10(12)15/h9-16H,3-8H2,1-2H3/t9?,10-,11?,12-,13+/m1/s1. The van der Waals surface area contributed by atoms with Crippen molar-refractivity contribution in [3.8, 4) is 0 Å². The Hall–Kier alpha value is -0.240. The van der Waals surface area contributed by atoms with Gasteiger partial charge in [0.25, 0.3) is 0 Å². The van der Waals surface area contributed by atoms with E-state index in [2.05, 4.69) is 6.92 Å². The van der Waals surface area contributed by atoms with Gasteiger partial charge < -0.3 is 29.5 Å². The molecule has 0 aliphatic carbocycles. The van der Waals surface area contributed by atoms with Crippen molar-refractivity contribution in [1.29, 1.82) is 0 Å². The number of unbranched alkanes of at least 4 members (excludes halogenated alkanes) is 3. The van der Waals surface area contributed by atoms with E-state index in [1.165, 1.54) is 7.11 Å². The molecule has 0 aromatic heterocycles. The third kappa shape index (κ3) is 4.66. The Labute approximate surface area is 114 Å². The molecule has 1 rings (SSSR count). The summed E-state index contributed by atoms with van der Waals surface area (Å²) >= 11 is 0. The van der Waals surface area contributed by atoms with E-state index < -0.39 is 30.7 Å². The molecule has 0 aromatic carbocycles. The average molecular weight is 278 g/mol. The molecule has 1 aliphatic rings. The van der Waals surface area contributed by atoms with Gasteiger partial charge in [-0.3, -0.25) is 0 Å². The Balaban J connectivity index is 2.44. The normalized spacial score (nSPS) is 35.5. The minimum Gasteiger partial charge on any atom is -0.394 e. The van der Waals surface area contributed by atoms with Crippen molar-refractivity contribution >= 4 is 0 Å². The number of aliphatic hydroxyl groups excluding tert-OH is 3. The van der Waals surface area contributed by atoms with E-state index >= 15 is 0 Å². The van der Waals surface area contributed by atoms with Gasteiger partial charge in [0.15, 0.2) is 6.29 Å². The maximum Gasteiger partial charge on any atom is 0.186 e. The van der Waals surface area contributed by atoms with Gasteiger partial charge in [-0.2, -0.15) is 0 Å². The zero-order valence-electron chi connectivity index (χ0n) is 11.7. The van der Waals surface area contributed by atoms with Crippen molar-refractivity contribution < 1.29 is 29.5 Å². The summed E-state index contributed by atoms with van der Waals surface area (Å²) in [4.78, 5) is 0. The minimum atomic E-state index is -1.17. The van der Waals surface area contributed by atoms with Crippen LogP contribution in [0.4, 0.5) is 0 Å². The van der Waals surface area contributed by atoms with Gasteiger partial charge in [-0.15, -0.1) is 0 Å². The van der Waals surface area contributed by atoms with Gasteiger partial charge in [0.05, 0.1) is 6.61 Å². The molecule has 0 saturated carbocycles. The molecule has 5 atom stereocenters. The van der Waals surface area contributed by atoms with Crippen molar-refractivity contribution in [2.45, 2.75) is 63.3 Å². The molecule has 6 nitrogen and oxygen atoms in total. The van der Waals surface area contributed by atoms with Gasteiger partial charge in [0.2, 0.25) is 0 Å². The molecule has 0 amide bonds. The summed E-state index contributed by atoms with van der Waals surface area (Å²) in [6.07, 6.45) is -0.412. The molecule has 1 fully saturated rings. The lowest BCUT2D eigenvalue weighted by molar-refractivity contribution is -0.301. The fraction of sp³-hybridized carbons (Fsp3) is 1.00. The summed E-state index contributed by atoms with van der Waals surface area (Å²) in [5, 5.41) is 29.1. The smallest absolute Gasteiger partial charge is 0.186 e. The van der Waals surface area contributed by atoms with E-state index in [1.807, 2.05) is 0 Å². The SMILES string of the molecule is CCCCCCO[C@@H]1C(CO)O[C@H](OC)C(O)[C@H]1O. The summed E-state index contributed by atoms with van der Waals surface area (Å²) in [5.74, 6) is 0. The molecule has 114 valence electrons. The maximum absolute atomic E-state index is 10.00. The van der Waals surface area contributed by atoms with Crippen LogP contribution in [0.1, 0.15) is 32.6 Å². The highest BCUT2D eigenvalue weighted by Gasteiger charge is 2.45. The van der Waals surface area contributed by atoms with Gasteiger partial charge in [0, 0.05) is 13.7 Å². The van der Waals surface area contributed by atoms with Crippen LogP contribution in [0.15, 0.2) is 0 Å². The predicted molar refractivity (Wildman–Crippen MR) is 68.7 cm³/mol. The Bertz CT molecular complexity index is 235. The molecule has 0 bridgehead atoms. The van der Waals surface area contributed by atoms with Gasteiger partial charge >= 0.3 is 0 Å². The van der Waals surface area contributed by atoms with Gasteiger partial charge in [0.1, 0.15) is 24.4 Å². The highest BCUT2D eigenvalue weighted by Crippen LogP contribution is 2.24. The second-order valence-electron chi connectivity index (χ2n) is 4.84. The topological polar surface area (TPSA) is 88.4 Å². The average Bonchev–Trinajstić information content (AvgIpc) is 2.43. The van der Waals surface area contributed by atoms with Crippen molar-refractivity contribution in [1.82, 2.24) is 0 Å². The second-order valence-corrected chi connectivity index (χ2v) is 4.84. The van der Waals surface area contributed by atoms with Crippen molar-refractivity contribution in [2.24, 2.45) is 0 Å². The number of ether oxygens (including phenoxy) is 3. The zero-order valence-corrected chi connectivity index (χ0v) is 11.7. The molecule has 19 heavy (non-hydrogen) atoms. The molecule has 1 saturated heterocycles. The molecule has 0 aromatic rings. The lowest BCUT2D eigenvalue weighted by Gasteiger charge is -2.41. The van der Waals surface area contributed by atoms with E-state index in [0.717, 1.165) is 25.7 Å². The highest BCUT2D eigenvalue weighted by atomic mass is 16.7. The van der Waals surface area contributed by atoms with E-state index in [4.69, 9.17) is 14.2 Å². The third-order valence-electron chi connectivity index (χ3n) is 3.36. The van der Waals surface area contributed by atoms with Crippen LogP contribution >= 0.6 is 0 Å². The van der Waals surface area contributed by atoms with Gasteiger partial charge in [-0.05, 0) is 6.42 Å². The first-order chi connectivity index (χ1) is 9.15. The second kappa shape index (κ2) is 8.84. The monoisotopic (exact) mass is 278 g/mol. The van der Waals surface area contributed by atoms with Crippen LogP contribution in [0, 0.1) is 0 Å². The highest BCUT2D eigenvalue weighted by molar-refractivity contribution is 4.90. The molecule has 2 unspecified atom stereocenters. The van der Waals surface area contributed by atoms with Crippen molar-refractivity contribution in [3.63, 3.8) is 0 Å². The van der Waals surface area contributed by atoms with Gasteiger partial charge in [-0.1, -0.05) is 26.2 Å². The molecule has 3 N–H and O–H groups in total. The fourth-order valence-corrected chi connectivity index (χ4v) is 2.20. The fourth-order valence-electron chi connectivity index (χ4n) is 2.20. The Morgan fingerprint density at radius 2 is 1.84 bits per heavy atom. The van der Waals surface area contributed by atoms with Crippen molar-refractivity contribution in [3.05, 3.63) is 0 Å². The summed E-state index contributed by atoms with van der Waals surface area (Å²) in [6, 6.07) is 0. The first-order valence-electron chi connectivity index (χ1n) is 6.92. The molecule has 0 radical (unpaired) electrons. The quantitative estimate of drug-likeness (QED) is 0.543. The van der Waals surface area contributed by atoms with Crippen LogP contribution in [0.2, 0.25) is 0 Å². The molecule has 6 heteroatoms. The minimum absolute atomic E-state index is 0.288. The largest absolute Gasteiger partial charge is 0.394 e. The summed E-state index contributed by atoms with van der Waals surface area (Å²) in [6.45, 7) is 2.32. The molecule has 1 aliphatic heterocycles. The van der Waals surface area contributed by atoms with Crippen LogP contribution < -0.4 is 0 Å². The predicted octanol–water partition coefficient (Wildman–Crippen LogP) is 0.0373. The summed E-state index contributed by atoms with van der Waals surface area (Å²) in [7, 11) is 1.38. The Kier molecular flexibility index (Phi) is 7.82. The molecule has 0 spiro atoms. The number of hydrogen-bond donors (Lipinski definition) is 3. The number of aliphatic hydroxyl groups is 3. The van der Waals surface area contributed by atoms with E-state index in [9.17, 15) is 15.3 Å². The first-order valence-corrected chi connectivity index (χ1v) is 6.92. The maximum atomic E-state index is 10.00. The Morgan fingerprint density at radius 3 is 2.42 bits per heavy atom. The lowest BCUT2D eigenvalue weighted by atomic mass is 9.99. The van der Waals surface area contributed by atoms with Crippen LogP contribution in [0.25, 0.3) is 0 Å². The Morgan fingerprint density at radius 1 is 1.11 bits per heavy atom. The van der Waals surface area contributed by atoms with E-state index in [0.29, 0.717) is 6.61 Å².